The highest BCUT2D eigenvalue weighted by atomic mass is 16.5. The van der Waals surface area contributed by atoms with Crippen LogP contribution in [-0.2, 0) is 20.8 Å². The summed E-state index contributed by atoms with van der Waals surface area (Å²) in [7, 11) is 0. The summed E-state index contributed by atoms with van der Waals surface area (Å²) in [6, 6.07) is 6.34. The highest BCUT2D eigenvalue weighted by Crippen LogP contribution is 2.20. The number of benzene rings is 1. The van der Waals surface area contributed by atoms with Gasteiger partial charge in [-0.3, -0.25) is 9.69 Å². The molecule has 2 saturated heterocycles. The summed E-state index contributed by atoms with van der Waals surface area (Å²) in [6.45, 7) is 7.33. The lowest BCUT2D eigenvalue weighted by atomic mass is 10.1. The van der Waals surface area contributed by atoms with E-state index >= 15 is 0 Å². The Morgan fingerprint density at radius 1 is 1.29 bits per heavy atom. The van der Waals surface area contributed by atoms with Gasteiger partial charge in [-0.25, -0.2) is 0 Å². The van der Waals surface area contributed by atoms with Crippen molar-refractivity contribution < 1.29 is 14.3 Å². The quantitative estimate of drug-likeness (QED) is 0.870. The fourth-order valence-corrected chi connectivity index (χ4v) is 3.30. The van der Waals surface area contributed by atoms with Gasteiger partial charge in [-0.2, -0.15) is 0 Å². The summed E-state index contributed by atoms with van der Waals surface area (Å²) >= 11 is 0. The molecule has 0 unspecified atom stereocenters. The molecule has 0 radical (unpaired) electrons. The van der Waals surface area contributed by atoms with Crippen molar-refractivity contribution in [2.45, 2.75) is 45.3 Å². The van der Waals surface area contributed by atoms with E-state index in [1.807, 2.05) is 6.92 Å². The van der Waals surface area contributed by atoms with Crippen LogP contribution >= 0.6 is 0 Å². The number of amides is 1. The van der Waals surface area contributed by atoms with Gasteiger partial charge in [0.1, 0.15) is 0 Å². The summed E-state index contributed by atoms with van der Waals surface area (Å²) in [4.78, 5) is 14.6. The first-order valence-corrected chi connectivity index (χ1v) is 9.02. The van der Waals surface area contributed by atoms with Crippen LogP contribution in [-0.4, -0.2) is 49.8 Å². The SMILES string of the molecule is Cc1ccc(CN2CCOCC2)cc1NC(=O)CC[C@H]1CCCO1. The minimum atomic E-state index is 0.0807. The van der Waals surface area contributed by atoms with E-state index in [9.17, 15) is 4.79 Å². The van der Waals surface area contributed by atoms with Crippen LogP contribution in [0, 0.1) is 6.92 Å². The Hall–Kier alpha value is -1.43. The third-order valence-electron chi connectivity index (χ3n) is 4.80. The van der Waals surface area contributed by atoms with Crippen LogP contribution in [0.25, 0.3) is 0 Å². The number of hydrogen-bond donors (Lipinski definition) is 1. The van der Waals surface area contributed by atoms with Crippen LogP contribution < -0.4 is 5.32 Å². The molecule has 1 amide bonds. The van der Waals surface area contributed by atoms with Gasteiger partial charge in [-0.15, -0.1) is 0 Å². The largest absolute Gasteiger partial charge is 0.379 e. The smallest absolute Gasteiger partial charge is 0.224 e. The van der Waals surface area contributed by atoms with E-state index < -0.39 is 0 Å². The number of carbonyl (C=O) groups excluding carboxylic acids is 1. The summed E-state index contributed by atoms with van der Waals surface area (Å²) in [6.07, 6.45) is 3.82. The van der Waals surface area contributed by atoms with E-state index in [2.05, 4.69) is 28.4 Å². The van der Waals surface area contributed by atoms with Crippen molar-refractivity contribution >= 4 is 11.6 Å². The first-order chi connectivity index (χ1) is 11.7. The molecular formula is C19H28N2O3. The van der Waals surface area contributed by atoms with E-state index in [-0.39, 0.29) is 12.0 Å². The standard InChI is InChI=1S/C19H28N2O3/c1-15-4-5-16(14-21-8-11-23-12-9-21)13-18(15)20-19(22)7-6-17-3-2-10-24-17/h4-5,13,17H,2-3,6-12,14H2,1H3,(H,20,22)/t17-/m1/s1. The molecule has 24 heavy (non-hydrogen) atoms. The van der Waals surface area contributed by atoms with Crippen molar-refractivity contribution in [1.29, 1.82) is 0 Å². The molecule has 2 fully saturated rings. The van der Waals surface area contributed by atoms with Gasteiger partial charge in [0.05, 0.1) is 19.3 Å². The Kier molecular flexibility index (Phi) is 6.24. The van der Waals surface area contributed by atoms with Gasteiger partial charge in [0.25, 0.3) is 0 Å². The summed E-state index contributed by atoms with van der Waals surface area (Å²) in [5.74, 6) is 0.0807. The second kappa shape index (κ2) is 8.60. The summed E-state index contributed by atoms with van der Waals surface area (Å²) < 4.78 is 11.0. The molecule has 0 spiro atoms. The van der Waals surface area contributed by atoms with E-state index in [1.54, 1.807) is 0 Å². The van der Waals surface area contributed by atoms with Crippen molar-refractivity contribution in [3.63, 3.8) is 0 Å². The fourth-order valence-electron chi connectivity index (χ4n) is 3.30. The molecule has 1 aromatic carbocycles. The molecule has 0 aliphatic carbocycles. The minimum absolute atomic E-state index is 0.0807. The van der Waals surface area contributed by atoms with Crippen LogP contribution in [0.3, 0.4) is 0 Å². The zero-order valence-corrected chi connectivity index (χ0v) is 14.6. The predicted octanol–water partition coefficient (Wildman–Crippen LogP) is 2.72. The number of nitrogens with one attached hydrogen (secondary N) is 1. The molecule has 1 aromatic rings. The molecular weight excluding hydrogens is 304 g/mol. The highest BCUT2D eigenvalue weighted by molar-refractivity contribution is 5.91. The number of hydrogen-bond acceptors (Lipinski definition) is 4. The summed E-state index contributed by atoms with van der Waals surface area (Å²) in [5.41, 5.74) is 3.27. The zero-order valence-electron chi connectivity index (χ0n) is 14.6. The van der Waals surface area contributed by atoms with E-state index in [4.69, 9.17) is 9.47 Å². The van der Waals surface area contributed by atoms with Gasteiger partial charge in [-0.05, 0) is 43.4 Å². The van der Waals surface area contributed by atoms with Gasteiger partial charge in [0.15, 0.2) is 0 Å². The van der Waals surface area contributed by atoms with Gasteiger partial charge in [0, 0.05) is 38.3 Å². The number of ether oxygens (including phenoxy) is 2. The third kappa shape index (κ3) is 5.03. The van der Waals surface area contributed by atoms with Crippen LogP contribution in [0.15, 0.2) is 18.2 Å². The third-order valence-corrected chi connectivity index (χ3v) is 4.80. The Labute approximate surface area is 144 Å². The molecule has 0 saturated carbocycles. The van der Waals surface area contributed by atoms with Crippen LogP contribution in [0.5, 0.6) is 0 Å². The molecule has 0 bridgehead atoms. The number of anilines is 1. The monoisotopic (exact) mass is 332 g/mol. The Morgan fingerprint density at radius 3 is 2.88 bits per heavy atom. The van der Waals surface area contributed by atoms with Crippen molar-refractivity contribution in [2.24, 2.45) is 0 Å². The van der Waals surface area contributed by atoms with Crippen molar-refractivity contribution in [1.82, 2.24) is 4.90 Å². The number of morpholine rings is 1. The first kappa shape index (κ1) is 17.4. The van der Waals surface area contributed by atoms with E-state index in [0.29, 0.717) is 6.42 Å². The molecule has 1 N–H and O–H groups in total. The topological polar surface area (TPSA) is 50.8 Å². The number of carbonyl (C=O) groups is 1. The molecule has 2 heterocycles. The molecule has 132 valence electrons. The lowest BCUT2D eigenvalue weighted by molar-refractivity contribution is -0.116. The average Bonchev–Trinajstić information content (AvgIpc) is 3.11. The van der Waals surface area contributed by atoms with Gasteiger partial charge in [0.2, 0.25) is 5.91 Å². The van der Waals surface area contributed by atoms with Gasteiger partial charge < -0.3 is 14.8 Å². The van der Waals surface area contributed by atoms with Crippen LogP contribution in [0.4, 0.5) is 5.69 Å². The zero-order chi connectivity index (χ0) is 16.8. The molecule has 2 aliphatic rings. The van der Waals surface area contributed by atoms with Crippen LogP contribution in [0.1, 0.15) is 36.8 Å². The summed E-state index contributed by atoms with van der Waals surface area (Å²) in [5, 5.41) is 3.07. The lowest BCUT2D eigenvalue weighted by Gasteiger charge is -2.26. The van der Waals surface area contributed by atoms with Crippen LogP contribution in [0.2, 0.25) is 0 Å². The van der Waals surface area contributed by atoms with E-state index in [0.717, 1.165) is 70.0 Å². The van der Waals surface area contributed by atoms with Gasteiger partial charge >= 0.3 is 0 Å². The van der Waals surface area contributed by atoms with Crippen molar-refractivity contribution in [3.05, 3.63) is 29.3 Å². The highest BCUT2D eigenvalue weighted by Gasteiger charge is 2.17. The fraction of sp³-hybridized carbons (Fsp3) is 0.632. The second-order valence-electron chi connectivity index (χ2n) is 6.76. The molecule has 0 aromatic heterocycles. The maximum absolute atomic E-state index is 12.2. The number of rotatable bonds is 6. The normalized spacial score (nSPS) is 21.8. The van der Waals surface area contributed by atoms with Crippen molar-refractivity contribution in [3.8, 4) is 0 Å². The number of nitrogens with zero attached hydrogens (tertiary/aromatic N) is 1. The molecule has 2 aliphatic heterocycles. The average molecular weight is 332 g/mol. The predicted molar refractivity (Wildman–Crippen MR) is 94.1 cm³/mol. The van der Waals surface area contributed by atoms with E-state index in [1.165, 1.54) is 5.56 Å². The maximum atomic E-state index is 12.2. The molecule has 3 rings (SSSR count). The lowest BCUT2D eigenvalue weighted by Crippen LogP contribution is -2.35. The Bertz CT molecular complexity index is 550. The second-order valence-corrected chi connectivity index (χ2v) is 6.76. The first-order valence-electron chi connectivity index (χ1n) is 9.02. The Morgan fingerprint density at radius 2 is 2.12 bits per heavy atom. The number of aryl methyl sites for hydroxylation is 1. The van der Waals surface area contributed by atoms with Gasteiger partial charge in [-0.1, -0.05) is 12.1 Å². The Balaban J connectivity index is 1.53. The van der Waals surface area contributed by atoms with Crippen molar-refractivity contribution in [2.75, 3.05) is 38.2 Å². The molecule has 1 atom stereocenters. The molecule has 5 nitrogen and oxygen atoms in total. The maximum Gasteiger partial charge on any atom is 0.224 e. The minimum Gasteiger partial charge on any atom is -0.379 e. The molecule has 5 heteroatoms.